The van der Waals surface area contributed by atoms with Crippen LogP contribution in [0.25, 0.3) is 21.1 Å². The molecule has 2 aliphatic rings. The first-order valence-corrected chi connectivity index (χ1v) is 12.7. The summed E-state index contributed by atoms with van der Waals surface area (Å²) >= 11 is 1.71. The van der Waals surface area contributed by atoms with Crippen molar-refractivity contribution in [3.05, 3.63) is 63.7 Å². The van der Waals surface area contributed by atoms with Gasteiger partial charge in [0.2, 0.25) is 0 Å². The van der Waals surface area contributed by atoms with Crippen LogP contribution in [0.5, 0.6) is 0 Å². The molecule has 174 valence electrons. The number of pyridine rings is 1. The molecule has 1 amide bonds. The molecule has 6 rings (SSSR count). The van der Waals surface area contributed by atoms with E-state index in [1.165, 1.54) is 10.3 Å². The zero-order chi connectivity index (χ0) is 23.6. The lowest BCUT2D eigenvalue weighted by Crippen LogP contribution is -2.41. The Bertz CT molecular complexity index is 1450. The number of carbonyl (C=O) groups excluding carboxylic acids is 1. The van der Waals surface area contributed by atoms with Gasteiger partial charge in [-0.1, -0.05) is 13.0 Å². The van der Waals surface area contributed by atoms with Gasteiger partial charge in [-0.2, -0.15) is 0 Å². The number of ether oxygens (including phenoxy) is 1. The highest BCUT2D eigenvalue weighted by Crippen LogP contribution is 2.40. The van der Waals surface area contributed by atoms with Crippen LogP contribution >= 0.6 is 11.3 Å². The summed E-state index contributed by atoms with van der Waals surface area (Å²) in [6.45, 7) is 7.50. The molecule has 0 aliphatic carbocycles. The molecule has 4 aromatic rings. The minimum absolute atomic E-state index is 0.0600. The molecule has 1 saturated heterocycles. The van der Waals surface area contributed by atoms with E-state index in [-0.39, 0.29) is 18.1 Å². The van der Waals surface area contributed by atoms with E-state index >= 15 is 0 Å². The molecule has 0 spiro atoms. The van der Waals surface area contributed by atoms with Crippen LogP contribution < -0.4 is 5.73 Å². The third kappa shape index (κ3) is 3.46. The van der Waals surface area contributed by atoms with Crippen molar-refractivity contribution in [2.24, 2.45) is 5.92 Å². The fourth-order valence-electron chi connectivity index (χ4n) is 5.55. The minimum Gasteiger partial charge on any atom is -0.383 e. The number of thiazole rings is 1. The second-order valence-electron chi connectivity index (χ2n) is 9.69. The fourth-order valence-corrected chi connectivity index (χ4v) is 6.43. The molecule has 7 heteroatoms. The predicted octanol–water partition coefficient (Wildman–Crippen LogP) is 5.94. The highest BCUT2D eigenvalue weighted by Gasteiger charge is 2.32. The van der Waals surface area contributed by atoms with Crippen LogP contribution in [-0.4, -0.2) is 27.3 Å². The number of nitrogen functional groups attached to an aromatic ring is 1. The summed E-state index contributed by atoms with van der Waals surface area (Å²) in [6.07, 6.45) is 1.99. The normalized spacial score (nSPS) is 22.4. The van der Waals surface area contributed by atoms with E-state index in [1.807, 2.05) is 32.0 Å². The largest absolute Gasteiger partial charge is 0.383 e. The number of piperidine rings is 1. The fraction of sp³-hybridized carbons (Fsp3) is 0.370. The minimum atomic E-state index is -0.0797. The second kappa shape index (κ2) is 8.03. The molecule has 3 atom stereocenters. The number of nitrogens with two attached hydrogens (primary N) is 1. The second-order valence-corrected chi connectivity index (χ2v) is 10.9. The summed E-state index contributed by atoms with van der Waals surface area (Å²) in [5.41, 5.74) is 11.9. The molecule has 2 N–H and O–H groups in total. The van der Waals surface area contributed by atoms with Gasteiger partial charge in [0.05, 0.1) is 39.5 Å². The number of hydrogen-bond acceptors (Lipinski definition) is 6. The Morgan fingerprint density at radius 3 is 2.79 bits per heavy atom. The molecular formula is C27H28N4O2S. The number of aryl methyl sites for hydroxylation is 1. The Kier molecular flexibility index (Phi) is 5.08. The molecule has 4 heterocycles. The molecule has 2 aliphatic heterocycles. The molecule has 0 radical (unpaired) electrons. The molecule has 0 saturated carbocycles. The topological polar surface area (TPSA) is 81.3 Å². The van der Waals surface area contributed by atoms with Gasteiger partial charge in [-0.05, 0) is 74.1 Å². The molecule has 6 nitrogen and oxygen atoms in total. The smallest absolute Gasteiger partial charge is 0.254 e. The Balaban J connectivity index is 1.40. The molecule has 2 aromatic carbocycles. The van der Waals surface area contributed by atoms with Crippen molar-refractivity contribution in [3.63, 3.8) is 0 Å². The van der Waals surface area contributed by atoms with Crippen LogP contribution in [0.1, 0.15) is 70.9 Å². The van der Waals surface area contributed by atoms with Crippen LogP contribution in [0, 0.1) is 12.8 Å². The number of likely N-dealkylation sites (tertiary alicyclic amines) is 1. The van der Waals surface area contributed by atoms with Gasteiger partial charge in [-0.15, -0.1) is 11.3 Å². The third-order valence-corrected chi connectivity index (χ3v) is 8.21. The van der Waals surface area contributed by atoms with E-state index in [0.29, 0.717) is 23.9 Å². The summed E-state index contributed by atoms with van der Waals surface area (Å²) in [5, 5.41) is 2.02. The lowest BCUT2D eigenvalue weighted by molar-refractivity contribution is 0.0545. The Morgan fingerprint density at radius 1 is 1.12 bits per heavy atom. The predicted molar refractivity (Wildman–Crippen MR) is 136 cm³/mol. The van der Waals surface area contributed by atoms with E-state index < -0.39 is 0 Å². The van der Waals surface area contributed by atoms with E-state index in [2.05, 4.69) is 40.0 Å². The van der Waals surface area contributed by atoms with Crippen molar-refractivity contribution in [1.82, 2.24) is 14.9 Å². The quantitative estimate of drug-likeness (QED) is 0.390. The number of hydrogen-bond donors (Lipinski definition) is 1. The lowest BCUT2D eigenvalue weighted by Gasteiger charge is -2.39. The molecule has 1 fully saturated rings. The van der Waals surface area contributed by atoms with Gasteiger partial charge in [0.1, 0.15) is 5.82 Å². The van der Waals surface area contributed by atoms with Crippen LogP contribution in [0.4, 0.5) is 5.82 Å². The van der Waals surface area contributed by atoms with Crippen LogP contribution in [0.15, 0.2) is 36.4 Å². The number of benzene rings is 2. The van der Waals surface area contributed by atoms with Crippen LogP contribution in [0.3, 0.4) is 0 Å². The van der Waals surface area contributed by atoms with Gasteiger partial charge in [0.25, 0.3) is 5.91 Å². The zero-order valence-corrected chi connectivity index (χ0v) is 20.5. The third-order valence-electron chi connectivity index (χ3n) is 7.28. The van der Waals surface area contributed by atoms with Crippen molar-refractivity contribution < 1.29 is 9.53 Å². The Morgan fingerprint density at radius 2 is 1.94 bits per heavy atom. The van der Waals surface area contributed by atoms with Crippen LogP contribution in [-0.2, 0) is 11.3 Å². The highest BCUT2D eigenvalue weighted by atomic mass is 32.1. The van der Waals surface area contributed by atoms with Crippen LogP contribution in [0.2, 0.25) is 0 Å². The number of amides is 1. The van der Waals surface area contributed by atoms with Gasteiger partial charge in [0, 0.05) is 23.1 Å². The first-order valence-electron chi connectivity index (χ1n) is 11.9. The number of aromatic nitrogens is 2. The summed E-state index contributed by atoms with van der Waals surface area (Å²) < 4.78 is 7.02. The van der Waals surface area contributed by atoms with Gasteiger partial charge in [-0.3, -0.25) is 4.79 Å². The van der Waals surface area contributed by atoms with Gasteiger partial charge >= 0.3 is 0 Å². The number of carbonyl (C=O) groups is 1. The summed E-state index contributed by atoms with van der Waals surface area (Å²) in [4.78, 5) is 25.2. The Labute approximate surface area is 202 Å². The average molecular weight is 473 g/mol. The standard InChI is InChI=1S/C27H28N4O2S/c1-14-4-9-23(17-5-8-22-24(11-17)34-16(3)29-22)31(12-14)27(32)18-6-7-21-19(10-18)20-13-33-15(2)25(20)26(28)30-21/h5-8,10-11,14-15,23H,4,9,12-13H2,1-3H3,(H2,28,30)/t14-,15+,23+/m1/s1. The number of rotatable bonds is 2. The number of nitrogens with zero attached hydrogens (tertiary/aromatic N) is 3. The van der Waals surface area contributed by atoms with Gasteiger partial charge in [-0.25, -0.2) is 9.97 Å². The molecule has 2 aromatic heterocycles. The zero-order valence-electron chi connectivity index (χ0n) is 19.7. The first-order chi connectivity index (χ1) is 16.4. The van der Waals surface area contributed by atoms with E-state index in [9.17, 15) is 4.79 Å². The maximum atomic E-state index is 13.9. The maximum Gasteiger partial charge on any atom is 0.254 e. The van der Waals surface area contributed by atoms with Gasteiger partial charge < -0.3 is 15.4 Å². The van der Waals surface area contributed by atoms with E-state index in [0.717, 1.165) is 51.9 Å². The maximum absolute atomic E-state index is 13.9. The SMILES string of the molecule is Cc1nc2ccc([C@@H]3CC[C@@H](C)CN3C(=O)c3ccc4nc(N)c5c(c4c3)CO[C@H]5C)cc2s1. The molecular weight excluding hydrogens is 444 g/mol. The molecule has 0 unspecified atom stereocenters. The molecule has 0 bridgehead atoms. The van der Waals surface area contributed by atoms with E-state index in [4.69, 9.17) is 10.5 Å². The van der Waals surface area contributed by atoms with Gasteiger partial charge in [0.15, 0.2) is 0 Å². The summed E-state index contributed by atoms with van der Waals surface area (Å²) in [7, 11) is 0. The lowest BCUT2D eigenvalue weighted by atomic mass is 9.89. The highest BCUT2D eigenvalue weighted by molar-refractivity contribution is 7.18. The number of fused-ring (bicyclic) bond motifs is 4. The first kappa shape index (κ1) is 21.5. The van der Waals surface area contributed by atoms with E-state index in [1.54, 1.807) is 11.3 Å². The van der Waals surface area contributed by atoms with Crippen molar-refractivity contribution in [2.75, 3.05) is 12.3 Å². The van der Waals surface area contributed by atoms with Crippen molar-refractivity contribution in [1.29, 1.82) is 0 Å². The molecule has 34 heavy (non-hydrogen) atoms. The van der Waals surface area contributed by atoms with Crippen molar-refractivity contribution in [3.8, 4) is 0 Å². The van der Waals surface area contributed by atoms with Crippen molar-refractivity contribution >= 4 is 44.2 Å². The monoisotopic (exact) mass is 472 g/mol. The average Bonchev–Trinajstić information content (AvgIpc) is 3.40. The number of anilines is 1. The summed E-state index contributed by atoms with van der Waals surface area (Å²) in [5.74, 6) is 1.05. The Hall–Kier alpha value is -3.03. The summed E-state index contributed by atoms with van der Waals surface area (Å²) in [6, 6.07) is 12.3. The van der Waals surface area contributed by atoms with Crippen molar-refractivity contribution in [2.45, 2.75) is 52.4 Å².